The lowest BCUT2D eigenvalue weighted by Crippen LogP contribution is -2.41. The maximum absolute atomic E-state index is 14.0. The van der Waals surface area contributed by atoms with Gasteiger partial charge in [-0.1, -0.05) is 6.07 Å². The van der Waals surface area contributed by atoms with Crippen LogP contribution in [0.1, 0.15) is 18.5 Å². The van der Waals surface area contributed by atoms with Gasteiger partial charge in [0, 0.05) is 23.0 Å². The van der Waals surface area contributed by atoms with Crippen LogP contribution in [-0.2, 0) is 13.1 Å². The van der Waals surface area contributed by atoms with Gasteiger partial charge in [-0.2, -0.15) is 27.1 Å². The Kier molecular flexibility index (Phi) is 5.94. The van der Waals surface area contributed by atoms with Crippen molar-refractivity contribution in [3.05, 3.63) is 70.8 Å². The van der Waals surface area contributed by atoms with Crippen LogP contribution in [0.25, 0.3) is 38.9 Å². The summed E-state index contributed by atoms with van der Waals surface area (Å²) in [6, 6.07) is 12.3. The molecule has 0 radical (unpaired) electrons. The first-order chi connectivity index (χ1) is 20.1. The van der Waals surface area contributed by atoms with E-state index in [0.717, 1.165) is 42.2 Å². The third kappa shape index (κ3) is 4.81. The largest absolute Gasteiger partial charge is 0.435 e. The lowest BCUT2D eigenvalue weighted by Gasteiger charge is -2.24. The number of aromatic nitrogens is 5. The second-order valence-corrected chi connectivity index (χ2v) is 10.5. The van der Waals surface area contributed by atoms with Crippen molar-refractivity contribution >= 4 is 27.9 Å². The molecule has 1 spiro atoms. The molecular weight excluding hydrogens is 561 g/mol. The van der Waals surface area contributed by atoms with Crippen molar-refractivity contribution in [3.8, 4) is 22.6 Å². The Hall–Kier alpha value is -4.59. The molecular formula is C28H22F5N7O2. The number of hydrogen-bond acceptors (Lipinski definition) is 7. The number of fused-ring (bicyclic) bond motifs is 4. The highest BCUT2D eigenvalue weighted by Crippen LogP contribution is 2.41. The topological polar surface area (TPSA) is 98.9 Å². The summed E-state index contributed by atoms with van der Waals surface area (Å²) in [6.45, 7) is -2.96. The smallest absolute Gasteiger partial charge is 0.405 e. The van der Waals surface area contributed by atoms with Crippen LogP contribution >= 0.6 is 0 Å². The molecule has 3 aromatic heterocycles. The number of halogens is 5. The minimum Gasteiger partial charge on any atom is -0.435 e. The molecule has 4 heterocycles. The summed E-state index contributed by atoms with van der Waals surface area (Å²) in [5, 5.41) is 11.4. The molecule has 0 bridgehead atoms. The summed E-state index contributed by atoms with van der Waals surface area (Å²) in [5.41, 5.74) is 2.72. The zero-order valence-corrected chi connectivity index (χ0v) is 21.8. The minimum absolute atomic E-state index is 0.0126. The SMILES string of the molecule is O=c1c(-c2ccc3nn4c(c3c2)CNC2(CC2)C4)cc2ncc(NCC(F)(F)F)nc2n1-c1ccc(OC(F)F)cc1. The Morgan fingerprint density at radius 3 is 2.57 bits per heavy atom. The number of ether oxygens (including phenoxy) is 1. The monoisotopic (exact) mass is 583 g/mol. The normalized spacial score (nSPS) is 15.9. The van der Waals surface area contributed by atoms with Gasteiger partial charge in [-0.25, -0.2) is 9.97 Å². The van der Waals surface area contributed by atoms with Crippen LogP contribution in [0.4, 0.5) is 27.8 Å². The minimum atomic E-state index is -4.50. The van der Waals surface area contributed by atoms with Gasteiger partial charge in [-0.3, -0.25) is 14.0 Å². The Morgan fingerprint density at radius 1 is 1.07 bits per heavy atom. The summed E-state index contributed by atoms with van der Waals surface area (Å²) in [7, 11) is 0. The molecule has 42 heavy (non-hydrogen) atoms. The summed E-state index contributed by atoms with van der Waals surface area (Å²) in [5.74, 6) is -0.314. The lowest BCUT2D eigenvalue weighted by atomic mass is 10.0. The number of rotatable bonds is 6. The second kappa shape index (κ2) is 9.48. The van der Waals surface area contributed by atoms with E-state index in [1.165, 1.54) is 34.9 Å². The summed E-state index contributed by atoms with van der Waals surface area (Å²) < 4.78 is 71.5. The second-order valence-electron chi connectivity index (χ2n) is 10.5. The molecule has 14 heteroatoms. The summed E-state index contributed by atoms with van der Waals surface area (Å²) >= 11 is 0. The molecule has 0 unspecified atom stereocenters. The van der Waals surface area contributed by atoms with Gasteiger partial charge in [-0.15, -0.1) is 0 Å². The molecule has 0 amide bonds. The zero-order valence-electron chi connectivity index (χ0n) is 21.8. The Bertz CT molecular complexity index is 1900. The molecule has 2 N–H and O–H groups in total. The van der Waals surface area contributed by atoms with Crippen LogP contribution in [-0.4, -0.2) is 49.2 Å². The molecule has 1 aliphatic carbocycles. The highest BCUT2D eigenvalue weighted by Gasteiger charge is 2.45. The maximum atomic E-state index is 14.0. The standard InChI is InChI=1S/C28H22F5N7O2/c29-26(30)42-17-4-2-16(3-5-17)40-24-21(34-12-23(37-24)35-13-28(31,32)33)10-18(25(40)41)15-1-6-20-19(9-15)22-11-36-27(7-8-27)14-39(22)38-20/h1-6,9-10,12,26,36H,7-8,11,13-14H2,(H,35,37). The van der Waals surface area contributed by atoms with Crippen molar-refractivity contribution in [2.24, 2.45) is 0 Å². The molecule has 1 aliphatic heterocycles. The Labute approximate surface area is 233 Å². The van der Waals surface area contributed by atoms with Crippen molar-refractivity contribution in [3.63, 3.8) is 0 Å². The fraction of sp³-hybridized carbons (Fsp3) is 0.286. The first kappa shape index (κ1) is 26.3. The average Bonchev–Trinajstić information content (AvgIpc) is 3.59. The first-order valence-electron chi connectivity index (χ1n) is 13.1. The third-order valence-corrected chi connectivity index (χ3v) is 7.59. The molecule has 0 atom stereocenters. The number of alkyl halides is 5. The predicted octanol–water partition coefficient (Wildman–Crippen LogP) is 5.01. The van der Waals surface area contributed by atoms with Crippen LogP contribution in [0.5, 0.6) is 5.75 Å². The Balaban J connectivity index is 1.37. The quantitative estimate of drug-likeness (QED) is 0.271. The first-order valence-corrected chi connectivity index (χ1v) is 13.1. The van der Waals surface area contributed by atoms with Crippen LogP contribution in [0.2, 0.25) is 0 Å². The molecule has 2 aromatic carbocycles. The maximum Gasteiger partial charge on any atom is 0.405 e. The van der Waals surface area contributed by atoms with Crippen LogP contribution < -0.4 is 20.9 Å². The molecule has 7 rings (SSSR count). The van der Waals surface area contributed by atoms with Gasteiger partial charge in [0.25, 0.3) is 5.56 Å². The number of hydrogen-bond donors (Lipinski definition) is 2. The molecule has 1 saturated carbocycles. The highest BCUT2D eigenvalue weighted by molar-refractivity contribution is 5.89. The van der Waals surface area contributed by atoms with E-state index in [-0.39, 0.29) is 39.5 Å². The van der Waals surface area contributed by atoms with E-state index in [2.05, 4.69) is 25.3 Å². The van der Waals surface area contributed by atoms with Crippen LogP contribution in [0.3, 0.4) is 0 Å². The van der Waals surface area contributed by atoms with Gasteiger partial charge in [-0.05, 0) is 60.9 Å². The number of benzene rings is 2. The molecule has 2 aliphatic rings. The Morgan fingerprint density at radius 2 is 1.86 bits per heavy atom. The molecule has 5 aromatic rings. The van der Waals surface area contributed by atoms with Gasteiger partial charge in [0.05, 0.1) is 29.6 Å². The number of anilines is 1. The van der Waals surface area contributed by atoms with Crippen LogP contribution in [0.15, 0.2) is 59.5 Å². The van der Waals surface area contributed by atoms with Gasteiger partial charge in [0.2, 0.25) is 0 Å². The lowest BCUT2D eigenvalue weighted by molar-refractivity contribution is -0.115. The highest BCUT2D eigenvalue weighted by atomic mass is 19.4. The molecule has 9 nitrogen and oxygen atoms in total. The fourth-order valence-corrected chi connectivity index (χ4v) is 5.34. The van der Waals surface area contributed by atoms with Crippen molar-refractivity contribution in [1.29, 1.82) is 0 Å². The fourth-order valence-electron chi connectivity index (χ4n) is 5.34. The van der Waals surface area contributed by atoms with E-state index < -0.39 is 24.9 Å². The van der Waals surface area contributed by atoms with Gasteiger partial charge in [0.15, 0.2) is 5.65 Å². The molecule has 0 saturated heterocycles. The number of pyridine rings is 1. The van der Waals surface area contributed by atoms with Crippen LogP contribution in [0, 0.1) is 0 Å². The predicted molar refractivity (Wildman–Crippen MR) is 144 cm³/mol. The number of nitrogens with zero attached hydrogens (tertiary/aromatic N) is 5. The molecule has 216 valence electrons. The summed E-state index contributed by atoms with van der Waals surface area (Å²) in [6.07, 6.45) is -1.13. The van der Waals surface area contributed by atoms with E-state index in [1.54, 1.807) is 6.07 Å². The van der Waals surface area contributed by atoms with Crippen molar-refractivity contribution in [1.82, 2.24) is 29.6 Å². The van der Waals surface area contributed by atoms with E-state index in [4.69, 9.17) is 5.10 Å². The number of nitrogens with one attached hydrogen (secondary N) is 2. The third-order valence-electron chi connectivity index (χ3n) is 7.59. The van der Waals surface area contributed by atoms with Crippen molar-refractivity contribution in [2.75, 3.05) is 11.9 Å². The van der Waals surface area contributed by atoms with E-state index >= 15 is 0 Å². The van der Waals surface area contributed by atoms with Crippen molar-refractivity contribution < 1.29 is 26.7 Å². The average molecular weight is 584 g/mol. The van der Waals surface area contributed by atoms with Gasteiger partial charge in [0.1, 0.15) is 23.6 Å². The van der Waals surface area contributed by atoms with Gasteiger partial charge >= 0.3 is 12.8 Å². The van der Waals surface area contributed by atoms with Gasteiger partial charge < -0.3 is 15.4 Å². The summed E-state index contributed by atoms with van der Waals surface area (Å²) in [4.78, 5) is 22.6. The zero-order chi connectivity index (χ0) is 29.2. The van der Waals surface area contributed by atoms with E-state index in [0.29, 0.717) is 12.1 Å². The van der Waals surface area contributed by atoms with Crippen molar-refractivity contribution in [2.45, 2.75) is 44.3 Å². The van der Waals surface area contributed by atoms with E-state index in [1.807, 2.05) is 16.8 Å². The molecule has 1 fully saturated rings. The van der Waals surface area contributed by atoms with E-state index in [9.17, 15) is 26.7 Å².